The van der Waals surface area contributed by atoms with Crippen molar-refractivity contribution in [3.05, 3.63) is 53.1 Å². The van der Waals surface area contributed by atoms with Crippen LogP contribution in [0, 0.1) is 13.8 Å². The SMILES string of the molecule is Cc1cc(C(O)(C(F)(F)F)C(F)(F)F)cc(C)c1NC(=O)CSc1nc2ccccc2s1. The number of rotatable bonds is 5. The van der Waals surface area contributed by atoms with Crippen molar-refractivity contribution in [3.8, 4) is 0 Å². The van der Waals surface area contributed by atoms with Crippen molar-refractivity contribution >= 4 is 44.9 Å². The molecule has 0 radical (unpaired) electrons. The summed E-state index contributed by atoms with van der Waals surface area (Å²) in [5.74, 6) is -0.565. The molecule has 1 amide bonds. The normalized spacial score (nSPS) is 12.9. The molecule has 4 nitrogen and oxygen atoms in total. The molecule has 0 fully saturated rings. The number of anilines is 1. The Morgan fingerprint density at radius 2 is 1.62 bits per heavy atom. The van der Waals surface area contributed by atoms with Crippen LogP contribution in [0.1, 0.15) is 16.7 Å². The molecular formula is C20H16F6N2O2S2. The third-order valence-corrected chi connectivity index (χ3v) is 6.82. The van der Waals surface area contributed by atoms with Crippen LogP contribution in [0.25, 0.3) is 10.2 Å². The van der Waals surface area contributed by atoms with Gasteiger partial charge in [-0.2, -0.15) is 26.3 Å². The van der Waals surface area contributed by atoms with Crippen molar-refractivity contribution in [1.29, 1.82) is 0 Å². The number of para-hydroxylation sites is 1. The monoisotopic (exact) mass is 494 g/mol. The van der Waals surface area contributed by atoms with E-state index in [9.17, 15) is 36.2 Å². The molecule has 32 heavy (non-hydrogen) atoms. The molecule has 2 N–H and O–H groups in total. The summed E-state index contributed by atoms with van der Waals surface area (Å²) in [6.07, 6.45) is -12.0. The van der Waals surface area contributed by atoms with Gasteiger partial charge in [0, 0.05) is 11.3 Å². The van der Waals surface area contributed by atoms with E-state index >= 15 is 0 Å². The molecule has 0 bridgehead atoms. The Labute approximate surface area is 186 Å². The van der Waals surface area contributed by atoms with E-state index in [1.165, 1.54) is 25.2 Å². The van der Waals surface area contributed by atoms with Gasteiger partial charge in [-0.3, -0.25) is 4.79 Å². The summed E-state index contributed by atoms with van der Waals surface area (Å²) >= 11 is 2.55. The first-order chi connectivity index (χ1) is 14.7. The first kappa shape index (κ1) is 24.3. The summed E-state index contributed by atoms with van der Waals surface area (Å²) in [7, 11) is 0. The lowest BCUT2D eigenvalue weighted by molar-refractivity contribution is -0.376. The molecule has 0 unspecified atom stereocenters. The predicted molar refractivity (Wildman–Crippen MR) is 111 cm³/mol. The zero-order chi connectivity index (χ0) is 23.9. The molecule has 2 aromatic carbocycles. The number of thiazole rings is 1. The molecule has 0 aliphatic heterocycles. The lowest BCUT2D eigenvalue weighted by atomic mass is 9.89. The highest BCUT2D eigenvalue weighted by Crippen LogP contribution is 2.50. The van der Waals surface area contributed by atoms with Crippen molar-refractivity contribution in [1.82, 2.24) is 4.98 Å². The standard InChI is InChI=1S/C20H16F6N2O2S2/c1-10-7-12(18(30,19(21,22)23)20(24,25)26)8-11(2)16(10)28-15(29)9-31-17-27-13-5-3-4-6-14(13)32-17/h3-8,30H,9H2,1-2H3,(H,28,29). The average Bonchev–Trinajstić information content (AvgIpc) is 3.09. The van der Waals surface area contributed by atoms with E-state index in [1.54, 1.807) is 0 Å². The van der Waals surface area contributed by atoms with E-state index in [4.69, 9.17) is 0 Å². The number of alkyl halides is 6. The quantitative estimate of drug-likeness (QED) is 0.340. The maximum absolute atomic E-state index is 13.2. The number of aliphatic hydroxyl groups is 1. The van der Waals surface area contributed by atoms with E-state index in [-0.39, 0.29) is 22.6 Å². The van der Waals surface area contributed by atoms with Gasteiger partial charge in [0.2, 0.25) is 5.91 Å². The molecule has 0 spiro atoms. The summed E-state index contributed by atoms with van der Waals surface area (Å²) in [5, 5.41) is 12.1. The molecule has 0 aliphatic rings. The van der Waals surface area contributed by atoms with Gasteiger partial charge >= 0.3 is 12.4 Å². The minimum atomic E-state index is -5.98. The molecule has 3 aromatic rings. The number of halogens is 6. The Bertz CT molecular complexity index is 1090. The largest absolute Gasteiger partial charge is 0.430 e. The number of fused-ring (bicyclic) bond motifs is 1. The van der Waals surface area contributed by atoms with Crippen molar-refractivity contribution in [3.63, 3.8) is 0 Å². The van der Waals surface area contributed by atoms with Gasteiger partial charge in [-0.05, 0) is 37.1 Å². The van der Waals surface area contributed by atoms with Gasteiger partial charge in [-0.15, -0.1) is 11.3 Å². The Hall–Kier alpha value is -2.31. The fourth-order valence-corrected chi connectivity index (χ4v) is 4.94. The minimum absolute atomic E-state index is 0.0507. The minimum Gasteiger partial charge on any atom is -0.369 e. The molecule has 3 rings (SSSR count). The fraction of sp³-hybridized carbons (Fsp3) is 0.300. The maximum Gasteiger partial charge on any atom is 0.430 e. The molecule has 172 valence electrons. The lowest BCUT2D eigenvalue weighted by Gasteiger charge is -2.33. The van der Waals surface area contributed by atoms with Crippen LogP contribution in [0.3, 0.4) is 0 Å². The van der Waals surface area contributed by atoms with Crippen LogP contribution in [-0.2, 0) is 10.4 Å². The third kappa shape index (κ3) is 4.57. The number of nitrogens with zero attached hydrogens (tertiary/aromatic N) is 1. The summed E-state index contributed by atoms with van der Waals surface area (Å²) in [6, 6.07) is 8.54. The smallest absolute Gasteiger partial charge is 0.369 e. The fourth-order valence-electron chi connectivity index (χ4n) is 3.07. The van der Waals surface area contributed by atoms with Crippen LogP contribution < -0.4 is 5.32 Å². The Balaban J connectivity index is 1.79. The Morgan fingerprint density at radius 3 is 2.16 bits per heavy atom. The Morgan fingerprint density at radius 1 is 1.06 bits per heavy atom. The van der Waals surface area contributed by atoms with Gasteiger partial charge in [0.1, 0.15) is 0 Å². The molecule has 1 heterocycles. The number of hydrogen-bond acceptors (Lipinski definition) is 5. The maximum atomic E-state index is 13.2. The number of hydrogen-bond donors (Lipinski definition) is 2. The first-order valence-electron chi connectivity index (χ1n) is 9.00. The zero-order valence-electron chi connectivity index (χ0n) is 16.6. The van der Waals surface area contributed by atoms with Crippen molar-refractivity contribution in [2.45, 2.75) is 36.1 Å². The van der Waals surface area contributed by atoms with Crippen LogP contribution in [0.4, 0.5) is 32.0 Å². The number of nitrogens with one attached hydrogen (secondary N) is 1. The number of thioether (sulfide) groups is 1. The van der Waals surface area contributed by atoms with Crippen LogP contribution in [0.2, 0.25) is 0 Å². The number of aryl methyl sites for hydroxylation is 2. The number of aromatic nitrogens is 1. The molecule has 0 saturated carbocycles. The van der Waals surface area contributed by atoms with Crippen LogP contribution in [0.15, 0.2) is 40.7 Å². The van der Waals surface area contributed by atoms with E-state index in [0.717, 1.165) is 22.0 Å². The number of benzene rings is 2. The highest BCUT2D eigenvalue weighted by molar-refractivity contribution is 8.01. The summed E-state index contributed by atoms with van der Waals surface area (Å²) in [5.41, 5.74) is -5.63. The van der Waals surface area contributed by atoms with E-state index in [1.807, 2.05) is 24.3 Å². The highest BCUT2D eigenvalue weighted by Gasteiger charge is 2.71. The van der Waals surface area contributed by atoms with Gasteiger partial charge in [-0.1, -0.05) is 36.0 Å². The second-order valence-electron chi connectivity index (χ2n) is 6.98. The van der Waals surface area contributed by atoms with E-state index < -0.39 is 29.4 Å². The van der Waals surface area contributed by atoms with Gasteiger partial charge < -0.3 is 10.4 Å². The topological polar surface area (TPSA) is 62.2 Å². The molecule has 0 aliphatic carbocycles. The summed E-state index contributed by atoms with van der Waals surface area (Å²) < 4.78 is 80.5. The summed E-state index contributed by atoms with van der Waals surface area (Å²) in [4.78, 5) is 16.7. The van der Waals surface area contributed by atoms with E-state index in [0.29, 0.717) is 16.5 Å². The molecule has 1 aromatic heterocycles. The molecule has 12 heteroatoms. The predicted octanol–water partition coefficient (Wildman–Crippen LogP) is 5.96. The second-order valence-corrected chi connectivity index (χ2v) is 9.23. The van der Waals surface area contributed by atoms with Crippen LogP contribution >= 0.6 is 23.1 Å². The zero-order valence-corrected chi connectivity index (χ0v) is 18.2. The second kappa shape index (κ2) is 8.56. The number of amides is 1. The van der Waals surface area contributed by atoms with E-state index in [2.05, 4.69) is 10.3 Å². The van der Waals surface area contributed by atoms with Crippen LogP contribution in [-0.4, -0.2) is 34.1 Å². The van der Waals surface area contributed by atoms with Crippen molar-refractivity contribution in [2.24, 2.45) is 0 Å². The molecule has 0 atom stereocenters. The first-order valence-corrected chi connectivity index (χ1v) is 10.8. The Kier molecular flexibility index (Phi) is 6.51. The molecule has 0 saturated heterocycles. The molecular weight excluding hydrogens is 478 g/mol. The average molecular weight is 494 g/mol. The lowest BCUT2D eigenvalue weighted by Crippen LogP contribution is -2.54. The third-order valence-electron chi connectivity index (χ3n) is 4.64. The number of carbonyl (C=O) groups excluding carboxylic acids is 1. The van der Waals surface area contributed by atoms with Crippen LogP contribution in [0.5, 0.6) is 0 Å². The highest BCUT2D eigenvalue weighted by atomic mass is 32.2. The van der Waals surface area contributed by atoms with Gasteiger partial charge in [0.25, 0.3) is 5.60 Å². The van der Waals surface area contributed by atoms with Gasteiger partial charge in [0.05, 0.1) is 16.0 Å². The summed E-state index contributed by atoms with van der Waals surface area (Å²) in [6.45, 7) is 2.50. The van der Waals surface area contributed by atoms with Crippen molar-refractivity contribution in [2.75, 3.05) is 11.1 Å². The van der Waals surface area contributed by atoms with Crippen molar-refractivity contribution < 1.29 is 36.2 Å². The van der Waals surface area contributed by atoms with Gasteiger partial charge in [0.15, 0.2) is 4.34 Å². The number of carbonyl (C=O) groups is 1. The van der Waals surface area contributed by atoms with Gasteiger partial charge in [-0.25, -0.2) is 4.98 Å².